The minimum absolute atomic E-state index is 0.136. The van der Waals surface area contributed by atoms with Crippen molar-refractivity contribution in [2.75, 3.05) is 4.72 Å². The van der Waals surface area contributed by atoms with Crippen molar-refractivity contribution in [1.29, 1.82) is 0 Å². The molecule has 0 bridgehead atoms. The second-order valence-corrected chi connectivity index (χ2v) is 9.43. The molecule has 166 valence electrons. The molecule has 0 heterocycles. The summed E-state index contributed by atoms with van der Waals surface area (Å²) in [6.45, 7) is 0. The number of carbonyl (C=O) groups is 1. The molecule has 0 atom stereocenters. The largest absolute Gasteiger partial charge is 0.341 e. The smallest absolute Gasteiger partial charge is 0.261 e. The van der Waals surface area contributed by atoms with Gasteiger partial charge in [-0.2, -0.15) is 0 Å². The SMILES string of the molecule is O=C(NC(c1ccccc1)c1ccccc1)c1ccc(NS(=O)(=O)c2ccccc2)cc1Cl. The Morgan fingerprint density at radius 1 is 0.727 bits per heavy atom. The zero-order valence-corrected chi connectivity index (χ0v) is 19.1. The normalized spacial score (nSPS) is 11.2. The average molecular weight is 477 g/mol. The van der Waals surface area contributed by atoms with Gasteiger partial charge in [0.05, 0.1) is 27.2 Å². The van der Waals surface area contributed by atoms with Crippen molar-refractivity contribution in [3.05, 3.63) is 131 Å². The van der Waals surface area contributed by atoms with Crippen molar-refractivity contribution in [3.63, 3.8) is 0 Å². The van der Waals surface area contributed by atoms with Gasteiger partial charge >= 0.3 is 0 Å². The highest BCUT2D eigenvalue weighted by atomic mass is 35.5. The maximum Gasteiger partial charge on any atom is 0.261 e. The van der Waals surface area contributed by atoms with Crippen molar-refractivity contribution in [2.45, 2.75) is 10.9 Å². The molecule has 4 aromatic carbocycles. The van der Waals surface area contributed by atoms with Crippen LogP contribution in [0.1, 0.15) is 27.5 Å². The Labute approximate surface area is 198 Å². The first kappa shape index (κ1) is 22.6. The predicted molar refractivity (Wildman–Crippen MR) is 131 cm³/mol. The van der Waals surface area contributed by atoms with E-state index in [1.165, 1.54) is 30.3 Å². The summed E-state index contributed by atoms with van der Waals surface area (Å²) in [5.74, 6) is -0.366. The van der Waals surface area contributed by atoms with E-state index in [9.17, 15) is 13.2 Å². The lowest BCUT2D eigenvalue weighted by Crippen LogP contribution is -2.29. The van der Waals surface area contributed by atoms with Gasteiger partial charge < -0.3 is 5.32 Å². The molecule has 0 saturated heterocycles. The Morgan fingerprint density at radius 2 is 1.24 bits per heavy atom. The number of halogens is 1. The fraction of sp³-hybridized carbons (Fsp3) is 0.0385. The predicted octanol–water partition coefficient (Wildman–Crippen LogP) is 5.66. The molecule has 1 amide bonds. The summed E-state index contributed by atoms with van der Waals surface area (Å²) in [6.07, 6.45) is 0. The third-order valence-corrected chi connectivity index (χ3v) is 6.77. The van der Waals surface area contributed by atoms with Gasteiger partial charge in [0.1, 0.15) is 0 Å². The summed E-state index contributed by atoms with van der Waals surface area (Å²) in [5, 5.41) is 3.18. The number of nitrogens with one attached hydrogen (secondary N) is 2. The summed E-state index contributed by atoms with van der Waals surface area (Å²) in [7, 11) is -3.76. The Hall–Kier alpha value is -3.61. The molecule has 0 unspecified atom stereocenters. The molecule has 2 N–H and O–H groups in total. The van der Waals surface area contributed by atoms with E-state index in [2.05, 4.69) is 10.0 Å². The van der Waals surface area contributed by atoms with E-state index in [1.54, 1.807) is 18.2 Å². The number of amides is 1. The Morgan fingerprint density at radius 3 is 1.76 bits per heavy atom. The zero-order chi connectivity index (χ0) is 23.3. The number of benzene rings is 4. The lowest BCUT2D eigenvalue weighted by molar-refractivity contribution is 0.0943. The average Bonchev–Trinajstić information content (AvgIpc) is 2.84. The molecule has 0 aliphatic heterocycles. The molecule has 5 nitrogen and oxygen atoms in total. The van der Waals surface area contributed by atoms with Gasteiger partial charge in [-0.1, -0.05) is 90.5 Å². The lowest BCUT2D eigenvalue weighted by atomic mass is 9.98. The van der Waals surface area contributed by atoms with Gasteiger partial charge in [-0.3, -0.25) is 9.52 Å². The molecular formula is C26H21ClN2O3S. The highest BCUT2D eigenvalue weighted by Crippen LogP contribution is 2.26. The fourth-order valence-electron chi connectivity index (χ4n) is 3.44. The maximum atomic E-state index is 13.1. The van der Waals surface area contributed by atoms with Gasteiger partial charge in [-0.05, 0) is 41.5 Å². The molecule has 33 heavy (non-hydrogen) atoms. The summed E-state index contributed by atoms with van der Waals surface area (Å²) < 4.78 is 27.6. The lowest BCUT2D eigenvalue weighted by Gasteiger charge is -2.20. The van der Waals surface area contributed by atoms with Crippen LogP contribution in [0.4, 0.5) is 5.69 Å². The van der Waals surface area contributed by atoms with E-state index in [0.717, 1.165) is 11.1 Å². The first-order chi connectivity index (χ1) is 15.9. The van der Waals surface area contributed by atoms with E-state index in [1.807, 2.05) is 60.7 Å². The number of carbonyl (C=O) groups excluding carboxylic acids is 1. The molecule has 7 heteroatoms. The van der Waals surface area contributed by atoms with Gasteiger partial charge in [-0.25, -0.2) is 8.42 Å². The number of hydrogen-bond acceptors (Lipinski definition) is 3. The van der Waals surface area contributed by atoms with Crippen LogP contribution in [-0.2, 0) is 10.0 Å². The van der Waals surface area contributed by atoms with Crippen LogP contribution in [-0.4, -0.2) is 14.3 Å². The van der Waals surface area contributed by atoms with Gasteiger partial charge in [-0.15, -0.1) is 0 Å². The van der Waals surface area contributed by atoms with Gasteiger partial charge in [0, 0.05) is 0 Å². The molecule has 4 rings (SSSR count). The van der Waals surface area contributed by atoms with Crippen LogP contribution < -0.4 is 10.0 Å². The minimum Gasteiger partial charge on any atom is -0.341 e. The van der Waals surface area contributed by atoms with E-state index in [0.29, 0.717) is 0 Å². The number of rotatable bonds is 7. The molecular weight excluding hydrogens is 456 g/mol. The van der Waals surface area contributed by atoms with E-state index in [4.69, 9.17) is 11.6 Å². The van der Waals surface area contributed by atoms with E-state index in [-0.39, 0.29) is 33.1 Å². The summed E-state index contributed by atoms with van der Waals surface area (Å²) in [5.41, 5.74) is 2.38. The summed E-state index contributed by atoms with van der Waals surface area (Å²) in [6, 6.07) is 31.4. The Bertz CT molecular complexity index is 1310. The third-order valence-electron chi connectivity index (χ3n) is 5.06. The van der Waals surface area contributed by atoms with Gasteiger partial charge in [0.25, 0.3) is 15.9 Å². The monoisotopic (exact) mass is 476 g/mol. The zero-order valence-electron chi connectivity index (χ0n) is 17.5. The molecule has 0 aliphatic carbocycles. The van der Waals surface area contributed by atoms with Crippen molar-refractivity contribution in [2.24, 2.45) is 0 Å². The van der Waals surface area contributed by atoms with Crippen LogP contribution in [0.5, 0.6) is 0 Å². The maximum absolute atomic E-state index is 13.1. The molecule has 0 fully saturated rings. The number of anilines is 1. The van der Waals surface area contributed by atoms with Crippen LogP contribution in [0.3, 0.4) is 0 Å². The van der Waals surface area contributed by atoms with Crippen molar-refractivity contribution in [3.8, 4) is 0 Å². The second-order valence-electron chi connectivity index (χ2n) is 7.34. The quantitative estimate of drug-likeness (QED) is 0.361. The van der Waals surface area contributed by atoms with Crippen LogP contribution in [0.15, 0.2) is 114 Å². The van der Waals surface area contributed by atoms with Crippen LogP contribution in [0.25, 0.3) is 0 Å². The Kier molecular flexibility index (Phi) is 6.77. The van der Waals surface area contributed by atoms with E-state index >= 15 is 0 Å². The standard InChI is InChI=1S/C26H21ClN2O3S/c27-24-18-21(29-33(31,32)22-14-8-3-9-15-22)16-17-23(24)26(30)28-25(19-10-4-1-5-11-19)20-12-6-2-7-13-20/h1-18,25,29H,(H,28,30). The highest BCUT2D eigenvalue weighted by Gasteiger charge is 2.20. The van der Waals surface area contributed by atoms with Gasteiger partial charge in [0.2, 0.25) is 0 Å². The molecule has 4 aromatic rings. The topological polar surface area (TPSA) is 75.3 Å². The van der Waals surface area contributed by atoms with Gasteiger partial charge in [0.15, 0.2) is 0 Å². The molecule has 0 aromatic heterocycles. The summed E-state index contributed by atoms with van der Waals surface area (Å²) in [4.78, 5) is 13.2. The fourth-order valence-corrected chi connectivity index (χ4v) is 4.77. The molecule has 0 spiro atoms. The van der Waals surface area contributed by atoms with E-state index < -0.39 is 10.0 Å². The minimum atomic E-state index is -3.76. The third kappa shape index (κ3) is 5.42. The van der Waals surface area contributed by atoms with Crippen molar-refractivity contribution >= 4 is 33.2 Å². The summed E-state index contributed by atoms with van der Waals surface area (Å²) >= 11 is 6.38. The molecule has 0 saturated carbocycles. The highest BCUT2D eigenvalue weighted by molar-refractivity contribution is 7.92. The van der Waals surface area contributed by atoms with Crippen molar-refractivity contribution in [1.82, 2.24) is 5.32 Å². The molecule has 0 aliphatic rings. The number of sulfonamides is 1. The molecule has 0 radical (unpaired) electrons. The van der Waals surface area contributed by atoms with Crippen LogP contribution in [0, 0.1) is 0 Å². The second kappa shape index (κ2) is 9.90. The first-order valence-corrected chi connectivity index (χ1v) is 12.1. The van der Waals surface area contributed by atoms with Crippen LogP contribution in [0.2, 0.25) is 5.02 Å². The number of hydrogen-bond donors (Lipinski definition) is 2. The first-order valence-electron chi connectivity index (χ1n) is 10.2. The Balaban J connectivity index is 1.57. The van der Waals surface area contributed by atoms with Crippen LogP contribution >= 0.6 is 11.6 Å². The van der Waals surface area contributed by atoms with Crippen molar-refractivity contribution < 1.29 is 13.2 Å².